The summed E-state index contributed by atoms with van der Waals surface area (Å²) in [5.41, 5.74) is 4.60. The van der Waals surface area contributed by atoms with E-state index in [9.17, 15) is 4.79 Å². The molecular formula is C30H38N4O2Si. The van der Waals surface area contributed by atoms with Gasteiger partial charge in [0, 0.05) is 23.5 Å². The number of benzene rings is 1. The van der Waals surface area contributed by atoms with E-state index < -0.39 is 8.32 Å². The van der Waals surface area contributed by atoms with E-state index in [1.807, 2.05) is 35.9 Å². The van der Waals surface area contributed by atoms with Crippen LogP contribution in [0.4, 0.5) is 0 Å². The number of fused-ring (bicyclic) bond motifs is 3. The first-order valence-corrected chi connectivity index (χ1v) is 16.3. The Labute approximate surface area is 220 Å². The standard InChI is InChI=1S/C30H38N4O2Si/c1-20-13-14-21(18-32-20)16-22-17-24-28(27-23(22)10-9-15-31-27)33-19-34(29(24)35)25-11-7-8-12-26(25)36-37(5,6)30(2,3)4/h9-10,13-15,17-19,25-26H,7-8,11-12,16H2,1-6H3/t25-,26-/m0/s1. The fraction of sp³-hybridized carbons (Fsp3) is 0.467. The third-order valence-corrected chi connectivity index (χ3v) is 12.9. The van der Waals surface area contributed by atoms with Gasteiger partial charge in [0.1, 0.15) is 5.52 Å². The molecule has 5 rings (SSSR count). The monoisotopic (exact) mass is 514 g/mol. The van der Waals surface area contributed by atoms with Crippen LogP contribution in [-0.4, -0.2) is 33.9 Å². The summed E-state index contributed by atoms with van der Waals surface area (Å²) in [6, 6.07) is 10.2. The predicted molar refractivity (Wildman–Crippen MR) is 153 cm³/mol. The van der Waals surface area contributed by atoms with Gasteiger partial charge < -0.3 is 4.43 Å². The molecule has 1 saturated carbocycles. The Bertz CT molecular complexity index is 1490. The Morgan fingerprint density at radius 1 is 1.03 bits per heavy atom. The normalized spacial score (nSPS) is 19.0. The van der Waals surface area contributed by atoms with Crippen molar-refractivity contribution in [1.82, 2.24) is 19.5 Å². The molecule has 4 aromatic rings. The van der Waals surface area contributed by atoms with Crippen LogP contribution >= 0.6 is 0 Å². The molecule has 1 aliphatic carbocycles. The number of nitrogens with zero attached hydrogens (tertiary/aromatic N) is 4. The number of aryl methyl sites for hydroxylation is 1. The maximum Gasteiger partial charge on any atom is 0.261 e. The fourth-order valence-corrected chi connectivity index (χ4v) is 6.59. The number of hydrogen-bond acceptors (Lipinski definition) is 5. The molecule has 0 bridgehead atoms. The minimum Gasteiger partial charge on any atom is -0.412 e. The topological polar surface area (TPSA) is 69.9 Å². The predicted octanol–water partition coefficient (Wildman–Crippen LogP) is 6.74. The summed E-state index contributed by atoms with van der Waals surface area (Å²) >= 11 is 0. The smallest absolute Gasteiger partial charge is 0.261 e. The second-order valence-corrected chi connectivity index (χ2v) is 16.8. The molecule has 6 nitrogen and oxygen atoms in total. The largest absolute Gasteiger partial charge is 0.412 e. The van der Waals surface area contributed by atoms with Gasteiger partial charge in [-0.3, -0.25) is 19.3 Å². The van der Waals surface area contributed by atoms with Crippen LogP contribution in [0.1, 0.15) is 69.3 Å². The Morgan fingerprint density at radius 3 is 2.51 bits per heavy atom. The third kappa shape index (κ3) is 4.99. The molecule has 2 atom stereocenters. The first-order valence-electron chi connectivity index (χ1n) is 13.4. The van der Waals surface area contributed by atoms with E-state index >= 15 is 0 Å². The second-order valence-electron chi connectivity index (χ2n) is 12.0. The van der Waals surface area contributed by atoms with E-state index in [2.05, 4.69) is 56.0 Å². The van der Waals surface area contributed by atoms with Crippen molar-refractivity contribution in [2.75, 3.05) is 0 Å². The van der Waals surface area contributed by atoms with E-state index in [1.54, 1.807) is 12.5 Å². The maximum absolute atomic E-state index is 14.1. The van der Waals surface area contributed by atoms with Gasteiger partial charge in [0.25, 0.3) is 5.56 Å². The van der Waals surface area contributed by atoms with Gasteiger partial charge >= 0.3 is 0 Å². The molecule has 0 saturated heterocycles. The SMILES string of the molecule is Cc1ccc(Cc2cc3c(=O)n([C@H]4CCCC[C@@H]4O[Si](C)(C)C(C)(C)C)cnc3c3ncccc23)cn1. The Balaban J connectivity index is 1.61. The van der Waals surface area contributed by atoms with Crippen molar-refractivity contribution in [3.05, 3.63) is 76.2 Å². The molecule has 37 heavy (non-hydrogen) atoms. The number of aromatic nitrogens is 4. The van der Waals surface area contributed by atoms with Gasteiger partial charge in [-0.25, -0.2) is 4.98 Å². The first-order chi connectivity index (χ1) is 17.5. The first kappa shape index (κ1) is 25.7. The van der Waals surface area contributed by atoms with Crippen LogP contribution < -0.4 is 5.56 Å². The van der Waals surface area contributed by atoms with Gasteiger partial charge in [0.2, 0.25) is 0 Å². The van der Waals surface area contributed by atoms with Crippen LogP contribution in [0.5, 0.6) is 0 Å². The van der Waals surface area contributed by atoms with Crippen molar-refractivity contribution >= 4 is 30.1 Å². The van der Waals surface area contributed by atoms with Crippen LogP contribution in [-0.2, 0) is 10.8 Å². The van der Waals surface area contributed by atoms with E-state index in [1.165, 1.54) is 0 Å². The molecule has 0 radical (unpaired) electrons. The molecule has 0 spiro atoms. The second kappa shape index (κ2) is 9.76. The van der Waals surface area contributed by atoms with E-state index in [0.29, 0.717) is 17.3 Å². The van der Waals surface area contributed by atoms with E-state index in [4.69, 9.17) is 9.41 Å². The lowest BCUT2D eigenvalue weighted by Crippen LogP contribution is -2.48. The van der Waals surface area contributed by atoms with Crippen molar-refractivity contribution in [2.45, 2.75) is 90.1 Å². The van der Waals surface area contributed by atoms with Gasteiger partial charge in [0.05, 0.1) is 29.4 Å². The summed E-state index contributed by atoms with van der Waals surface area (Å²) in [5.74, 6) is 0. The zero-order valence-electron chi connectivity index (χ0n) is 22.9. The minimum atomic E-state index is -1.98. The van der Waals surface area contributed by atoms with Crippen molar-refractivity contribution in [3.8, 4) is 0 Å². The van der Waals surface area contributed by atoms with Gasteiger partial charge in [-0.2, -0.15) is 0 Å². The van der Waals surface area contributed by atoms with Gasteiger partial charge in [-0.1, -0.05) is 45.7 Å². The zero-order valence-corrected chi connectivity index (χ0v) is 23.9. The summed E-state index contributed by atoms with van der Waals surface area (Å²) < 4.78 is 8.74. The Hall–Kier alpha value is -2.90. The molecule has 1 aromatic carbocycles. The fourth-order valence-electron chi connectivity index (χ4n) is 5.20. The molecule has 0 N–H and O–H groups in total. The van der Waals surface area contributed by atoms with Crippen molar-refractivity contribution in [2.24, 2.45) is 0 Å². The average Bonchev–Trinajstić information content (AvgIpc) is 2.86. The van der Waals surface area contributed by atoms with Crippen LogP contribution in [0.2, 0.25) is 18.1 Å². The lowest BCUT2D eigenvalue weighted by molar-refractivity contribution is 0.0824. The lowest BCUT2D eigenvalue weighted by atomic mass is 9.92. The van der Waals surface area contributed by atoms with Gasteiger partial charge in [-0.05, 0) is 73.6 Å². The lowest BCUT2D eigenvalue weighted by Gasteiger charge is -2.43. The van der Waals surface area contributed by atoms with Crippen LogP contribution in [0.15, 0.2) is 53.8 Å². The molecular weight excluding hydrogens is 476 g/mol. The number of hydrogen-bond donors (Lipinski definition) is 0. The highest BCUT2D eigenvalue weighted by atomic mass is 28.4. The van der Waals surface area contributed by atoms with Crippen LogP contribution in [0, 0.1) is 6.92 Å². The van der Waals surface area contributed by atoms with Crippen molar-refractivity contribution in [1.29, 1.82) is 0 Å². The highest BCUT2D eigenvalue weighted by molar-refractivity contribution is 6.74. The Morgan fingerprint density at radius 2 is 1.78 bits per heavy atom. The van der Waals surface area contributed by atoms with E-state index in [-0.39, 0.29) is 22.7 Å². The maximum atomic E-state index is 14.1. The molecule has 7 heteroatoms. The van der Waals surface area contributed by atoms with Gasteiger partial charge in [0.15, 0.2) is 8.32 Å². The third-order valence-electron chi connectivity index (χ3n) is 8.37. The number of pyridine rings is 2. The van der Waals surface area contributed by atoms with Crippen molar-refractivity contribution in [3.63, 3.8) is 0 Å². The average molecular weight is 515 g/mol. The van der Waals surface area contributed by atoms with Crippen LogP contribution in [0.3, 0.4) is 0 Å². The molecule has 1 aliphatic rings. The summed E-state index contributed by atoms with van der Waals surface area (Å²) in [6.45, 7) is 13.4. The molecule has 0 unspecified atom stereocenters. The molecule has 194 valence electrons. The van der Waals surface area contributed by atoms with Gasteiger partial charge in [-0.15, -0.1) is 0 Å². The molecule has 3 aromatic heterocycles. The van der Waals surface area contributed by atoms with Crippen LogP contribution in [0.25, 0.3) is 21.8 Å². The summed E-state index contributed by atoms with van der Waals surface area (Å²) in [5, 5.41) is 1.77. The number of rotatable bonds is 5. The summed E-state index contributed by atoms with van der Waals surface area (Å²) in [7, 11) is -1.98. The van der Waals surface area contributed by atoms with E-state index in [0.717, 1.165) is 53.4 Å². The minimum absolute atomic E-state index is 0.00318. The highest BCUT2D eigenvalue weighted by Gasteiger charge is 2.42. The summed E-state index contributed by atoms with van der Waals surface area (Å²) in [6.07, 6.45) is 10.3. The Kier molecular flexibility index (Phi) is 6.79. The molecule has 0 aliphatic heterocycles. The summed E-state index contributed by atoms with van der Waals surface area (Å²) in [4.78, 5) is 28.0. The quantitative estimate of drug-likeness (QED) is 0.218. The van der Waals surface area contributed by atoms with Crippen molar-refractivity contribution < 1.29 is 4.43 Å². The molecule has 0 amide bonds. The molecule has 1 fully saturated rings. The zero-order chi connectivity index (χ0) is 26.4. The highest BCUT2D eigenvalue weighted by Crippen LogP contribution is 2.41. The molecule has 3 heterocycles.